The summed E-state index contributed by atoms with van der Waals surface area (Å²) in [5, 5.41) is 2.84. The third kappa shape index (κ3) is 1.80. The molecule has 0 fully saturated rings. The second kappa shape index (κ2) is 4.31. The Balaban J connectivity index is 2.61. The van der Waals surface area contributed by atoms with E-state index in [1.807, 2.05) is 23.6 Å². The van der Waals surface area contributed by atoms with Crippen molar-refractivity contribution < 1.29 is 9.47 Å². The van der Waals surface area contributed by atoms with Crippen molar-refractivity contribution in [1.82, 2.24) is 4.98 Å². The minimum Gasteiger partial charge on any atom is -0.496 e. The summed E-state index contributed by atoms with van der Waals surface area (Å²) in [6, 6.07) is 5.70. The lowest BCUT2D eigenvalue weighted by molar-refractivity contribution is 0.397. The fourth-order valence-electron chi connectivity index (χ4n) is 1.41. The molecule has 0 spiro atoms. The summed E-state index contributed by atoms with van der Waals surface area (Å²) in [4.78, 5) is 4.26. The van der Waals surface area contributed by atoms with Crippen LogP contribution in [-0.2, 0) is 0 Å². The first-order chi connectivity index (χ1) is 7.36. The van der Waals surface area contributed by atoms with E-state index < -0.39 is 0 Å². The number of nitrogens with zero attached hydrogens (tertiary/aromatic N) is 1. The van der Waals surface area contributed by atoms with E-state index in [0.29, 0.717) is 0 Å². The Morgan fingerprint density at radius 2 is 1.80 bits per heavy atom. The number of aromatic nitrogens is 1. The van der Waals surface area contributed by atoms with Crippen molar-refractivity contribution in [3.63, 3.8) is 0 Å². The van der Waals surface area contributed by atoms with Crippen molar-refractivity contribution in [3.05, 3.63) is 29.8 Å². The van der Waals surface area contributed by atoms with Crippen molar-refractivity contribution >= 4 is 11.3 Å². The van der Waals surface area contributed by atoms with Gasteiger partial charge in [-0.1, -0.05) is 6.07 Å². The van der Waals surface area contributed by atoms with Gasteiger partial charge in [-0.3, -0.25) is 0 Å². The number of methoxy groups -OCH3 is 2. The van der Waals surface area contributed by atoms with Gasteiger partial charge in [0.05, 0.1) is 19.8 Å². The highest BCUT2D eigenvalue weighted by atomic mass is 32.1. The highest BCUT2D eigenvalue weighted by molar-refractivity contribution is 7.13. The molecule has 3 nitrogen and oxygen atoms in total. The molecule has 2 rings (SSSR count). The zero-order valence-electron chi connectivity index (χ0n) is 8.56. The average molecular weight is 221 g/mol. The zero-order valence-corrected chi connectivity index (χ0v) is 9.38. The molecule has 0 radical (unpaired) electrons. The predicted molar refractivity (Wildman–Crippen MR) is 60.7 cm³/mol. The van der Waals surface area contributed by atoms with Crippen LogP contribution in [0.5, 0.6) is 11.5 Å². The zero-order chi connectivity index (χ0) is 10.7. The van der Waals surface area contributed by atoms with Crippen molar-refractivity contribution in [3.8, 4) is 22.1 Å². The molecule has 78 valence electrons. The van der Waals surface area contributed by atoms with Gasteiger partial charge in [0.1, 0.15) is 16.5 Å². The fraction of sp³-hybridized carbons (Fsp3) is 0.182. The van der Waals surface area contributed by atoms with Crippen molar-refractivity contribution in [1.29, 1.82) is 0 Å². The molecule has 0 aliphatic carbocycles. The fourth-order valence-corrected chi connectivity index (χ4v) is 2.10. The highest BCUT2D eigenvalue weighted by Gasteiger charge is 2.13. The third-order valence-corrected chi connectivity index (χ3v) is 2.86. The van der Waals surface area contributed by atoms with Gasteiger partial charge in [-0.25, -0.2) is 4.98 Å². The van der Waals surface area contributed by atoms with E-state index in [-0.39, 0.29) is 0 Å². The number of hydrogen-bond donors (Lipinski definition) is 0. The maximum Gasteiger partial charge on any atom is 0.132 e. The van der Waals surface area contributed by atoms with Crippen molar-refractivity contribution in [2.24, 2.45) is 0 Å². The molecule has 0 aliphatic rings. The number of thiazole rings is 1. The smallest absolute Gasteiger partial charge is 0.132 e. The molecular weight excluding hydrogens is 210 g/mol. The molecule has 2 aromatic rings. The second-order valence-corrected chi connectivity index (χ2v) is 3.77. The van der Waals surface area contributed by atoms with Crippen LogP contribution in [0, 0.1) is 0 Å². The predicted octanol–water partition coefficient (Wildman–Crippen LogP) is 2.83. The van der Waals surface area contributed by atoms with Gasteiger partial charge in [0.25, 0.3) is 0 Å². The van der Waals surface area contributed by atoms with Crippen LogP contribution in [0.25, 0.3) is 10.6 Å². The van der Waals surface area contributed by atoms with Crippen LogP contribution in [0.2, 0.25) is 0 Å². The quantitative estimate of drug-likeness (QED) is 0.798. The van der Waals surface area contributed by atoms with E-state index >= 15 is 0 Å². The Morgan fingerprint density at radius 3 is 2.27 bits per heavy atom. The van der Waals surface area contributed by atoms with Crippen LogP contribution in [0.1, 0.15) is 0 Å². The topological polar surface area (TPSA) is 31.4 Å². The van der Waals surface area contributed by atoms with Gasteiger partial charge in [0, 0.05) is 11.6 Å². The third-order valence-electron chi connectivity index (χ3n) is 2.07. The molecular formula is C11H11NO2S. The average Bonchev–Trinajstić information content (AvgIpc) is 2.81. The molecule has 0 unspecified atom stereocenters. The first-order valence-electron chi connectivity index (χ1n) is 4.47. The van der Waals surface area contributed by atoms with E-state index in [0.717, 1.165) is 22.1 Å². The standard InChI is InChI=1S/C11H11NO2S/c1-13-8-4-3-5-9(14-2)10(8)11-12-6-7-15-11/h3-7H,1-2H3. The van der Waals surface area contributed by atoms with Crippen LogP contribution in [-0.4, -0.2) is 19.2 Å². The van der Waals surface area contributed by atoms with Crippen LogP contribution >= 0.6 is 11.3 Å². The minimum absolute atomic E-state index is 0.782. The van der Waals surface area contributed by atoms with Crippen LogP contribution in [0.3, 0.4) is 0 Å². The molecule has 0 amide bonds. The monoisotopic (exact) mass is 221 g/mol. The van der Waals surface area contributed by atoms with Gasteiger partial charge in [-0.2, -0.15) is 0 Å². The normalized spacial score (nSPS) is 10.0. The minimum atomic E-state index is 0.782. The van der Waals surface area contributed by atoms with Gasteiger partial charge in [-0.15, -0.1) is 11.3 Å². The molecule has 0 N–H and O–H groups in total. The Kier molecular flexibility index (Phi) is 2.87. The maximum absolute atomic E-state index is 5.30. The van der Waals surface area contributed by atoms with Crippen LogP contribution in [0.4, 0.5) is 0 Å². The summed E-state index contributed by atoms with van der Waals surface area (Å²) < 4.78 is 10.6. The number of ether oxygens (including phenoxy) is 2. The highest BCUT2D eigenvalue weighted by Crippen LogP contribution is 2.38. The molecule has 0 saturated carbocycles. The molecule has 1 aromatic heterocycles. The molecule has 0 saturated heterocycles. The summed E-state index contributed by atoms with van der Waals surface area (Å²) in [5.74, 6) is 1.56. The largest absolute Gasteiger partial charge is 0.496 e. The van der Waals surface area contributed by atoms with Gasteiger partial charge >= 0.3 is 0 Å². The maximum atomic E-state index is 5.30. The van der Waals surface area contributed by atoms with E-state index in [9.17, 15) is 0 Å². The summed E-state index contributed by atoms with van der Waals surface area (Å²) in [7, 11) is 3.29. The molecule has 1 aromatic carbocycles. The molecule has 0 aliphatic heterocycles. The second-order valence-electron chi connectivity index (χ2n) is 2.87. The lowest BCUT2D eigenvalue weighted by atomic mass is 10.2. The molecule has 15 heavy (non-hydrogen) atoms. The van der Waals surface area contributed by atoms with Crippen LogP contribution < -0.4 is 9.47 Å². The summed E-state index contributed by atoms with van der Waals surface area (Å²) in [6.07, 6.45) is 1.77. The number of hydrogen-bond acceptors (Lipinski definition) is 4. The first-order valence-corrected chi connectivity index (χ1v) is 5.35. The summed E-state index contributed by atoms with van der Waals surface area (Å²) in [6.45, 7) is 0. The Bertz CT molecular complexity index is 418. The van der Waals surface area contributed by atoms with E-state index in [4.69, 9.17) is 9.47 Å². The van der Waals surface area contributed by atoms with Gasteiger partial charge in [0.2, 0.25) is 0 Å². The first kappa shape index (κ1) is 9.98. The Morgan fingerprint density at radius 1 is 1.13 bits per heavy atom. The van der Waals surface area contributed by atoms with E-state index in [1.165, 1.54) is 0 Å². The van der Waals surface area contributed by atoms with Gasteiger partial charge in [-0.05, 0) is 12.1 Å². The SMILES string of the molecule is COc1cccc(OC)c1-c1nccs1. The Hall–Kier alpha value is -1.55. The Labute approximate surface area is 92.3 Å². The molecule has 0 bridgehead atoms. The van der Waals surface area contributed by atoms with E-state index in [2.05, 4.69) is 4.98 Å². The molecule has 4 heteroatoms. The van der Waals surface area contributed by atoms with Gasteiger partial charge < -0.3 is 9.47 Å². The lowest BCUT2D eigenvalue weighted by Crippen LogP contribution is -1.92. The van der Waals surface area contributed by atoms with Crippen molar-refractivity contribution in [2.75, 3.05) is 14.2 Å². The molecule has 0 atom stereocenters. The summed E-state index contributed by atoms with van der Waals surface area (Å²) >= 11 is 1.56. The van der Waals surface area contributed by atoms with Crippen LogP contribution in [0.15, 0.2) is 29.8 Å². The number of rotatable bonds is 3. The van der Waals surface area contributed by atoms with E-state index in [1.54, 1.807) is 31.8 Å². The van der Waals surface area contributed by atoms with Gasteiger partial charge in [0.15, 0.2) is 0 Å². The molecule has 1 heterocycles. The van der Waals surface area contributed by atoms with Crippen molar-refractivity contribution in [2.45, 2.75) is 0 Å². The lowest BCUT2D eigenvalue weighted by Gasteiger charge is -2.10. The number of benzene rings is 1. The summed E-state index contributed by atoms with van der Waals surface area (Å²) in [5.41, 5.74) is 0.914.